The summed E-state index contributed by atoms with van der Waals surface area (Å²) in [4.78, 5) is 40.9. The Bertz CT molecular complexity index is 1190. The zero-order valence-electron chi connectivity index (χ0n) is 19.5. The quantitative estimate of drug-likeness (QED) is 0.387. The topological polar surface area (TPSA) is 118 Å². The van der Waals surface area contributed by atoms with Crippen molar-refractivity contribution in [3.8, 4) is 11.1 Å². The van der Waals surface area contributed by atoms with Crippen molar-refractivity contribution in [1.29, 1.82) is 0 Å². The summed E-state index contributed by atoms with van der Waals surface area (Å²) in [5.74, 6) is -1.51. The predicted molar refractivity (Wildman–Crippen MR) is 134 cm³/mol. The number of hydrogen-bond acceptors (Lipinski definition) is 6. The van der Waals surface area contributed by atoms with Gasteiger partial charge in [-0.15, -0.1) is 11.3 Å². The van der Waals surface area contributed by atoms with Gasteiger partial charge in [-0.2, -0.15) is 0 Å². The molecule has 1 heterocycles. The molecule has 0 spiro atoms. The minimum atomic E-state index is -1.08. The minimum Gasteiger partial charge on any atom is -0.481 e. The fraction of sp³-hybridized carbons (Fsp3) is 0.308. The molecule has 3 aromatic rings. The van der Waals surface area contributed by atoms with Crippen molar-refractivity contribution >= 4 is 34.4 Å². The number of nitrogens with zero attached hydrogens (tertiary/aromatic N) is 1. The first-order valence-corrected chi connectivity index (χ1v) is 12.3. The number of ether oxygens (including phenoxy) is 1. The van der Waals surface area contributed by atoms with E-state index in [0.29, 0.717) is 5.13 Å². The SMILES string of the molecule is CC(C)c1csc(NC(=O)C(CCC(=O)O)NC(=O)OCC2c3ccccc3-c3ccccc32)n1. The molecule has 0 aliphatic heterocycles. The number of benzene rings is 2. The molecule has 2 aromatic carbocycles. The number of anilines is 1. The van der Waals surface area contributed by atoms with Crippen molar-refractivity contribution in [2.45, 2.75) is 44.6 Å². The molecule has 0 saturated carbocycles. The maximum Gasteiger partial charge on any atom is 0.407 e. The first kappa shape index (κ1) is 24.4. The van der Waals surface area contributed by atoms with Gasteiger partial charge >= 0.3 is 12.1 Å². The normalized spacial score (nSPS) is 13.1. The van der Waals surface area contributed by atoms with Crippen molar-refractivity contribution in [2.24, 2.45) is 0 Å². The maximum atomic E-state index is 12.8. The van der Waals surface area contributed by atoms with E-state index in [0.717, 1.165) is 27.9 Å². The van der Waals surface area contributed by atoms with Gasteiger partial charge in [0, 0.05) is 17.7 Å². The number of nitrogens with one attached hydrogen (secondary N) is 2. The lowest BCUT2D eigenvalue weighted by molar-refractivity contribution is -0.137. The maximum absolute atomic E-state index is 12.8. The van der Waals surface area contributed by atoms with Crippen LogP contribution in [0.4, 0.5) is 9.93 Å². The van der Waals surface area contributed by atoms with Crippen molar-refractivity contribution < 1.29 is 24.2 Å². The van der Waals surface area contributed by atoms with E-state index >= 15 is 0 Å². The summed E-state index contributed by atoms with van der Waals surface area (Å²) < 4.78 is 5.52. The highest BCUT2D eigenvalue weighted by Crippen LogP contribution is 2.44. The third kappa shape index (κ3) is 5.68. The van der Waals surface area contributed by atoms with Crippen LogP contribution in [0, 0.1) is 0 Å². The number of hydrogen-bond donors (Lipinski definition) is 3. The molecule has 9 heteroatoms. The molecule has 2 amide bonds. The Labute approximate surface area is 207 Å². The van der Waals surface area contributed by atoms with E-state index in [2.05, 4.69) is 15.6 Å². The fourth-order valence-corrected chi connectivity index (χ4v) is 5.00. The van der Waals surface area contributed by atoms with E-state index in [1.54, 1.807) is 0 Å². The van der Waals surface area contributed by atoms with E-state index in [-0.39, 0.29) is 31.3 Å². The van der Waals surface area contributed by atoms with Gasteiger partial charge in [0.05, 0.1) is 5.69 Å². The van der Waals surface area contributed by atoms with Crippen LogP contribution in [0.15, 0.2) is 53.9 Å². The highest BCUT2D eigenvalue weighted by atomic mass is 32.1. The van der Waals surface area contributed by atoms with Crippen molar-refractivity contribution in [2.75, 3.05) is 11.9 Å². The third-order valence-electron chi connectivity index (χ3n) is 5.94. The summed E-state index contributed by atoms with van der Waals surface area (Å²) in [7, 11) is 0. The minimum absolute atomic E-state index is 0.0756. The number of amides is 2. The summed E-state index contributed by atoms with van der Waals surface area (Å²) >= 11 is 1.28. The molecule has 8 nitrogen and oxygen atoms in total. The van der Waals surface area contributed by atoms with Crippen LogP contribution in [0.25, 0.3) is 11.1 Å². The smallest absolute Gasteiger partial charge is 0.407 e. The second-order valence-corrected chi connectivity index (χ2v) is 9.53. The number of carboxylic acid groups (broad SMARTS) is 1. The standard InChI is InChI=1S/C26H27N3O5S/c1-15(2)22-14-35-25(27-22)29-24(32)21(11-12-23(30)31)28-26(33)34-13-20-18-9-5-3-7-16(18)17-8-4-6-10-19(17)20/h3-10,14-15,20-21H,11-13H2,1-2H3,(H,28,33)(H,30,31)(H,27,29,32). The van der Waals surface area contributed by atoms with Crippen LogP contribution in [-0.2, 0) is 14.3 Å². The number of carbonyl (C=O) groups excluding carboxylic acids is 2. The van der Waals surface area contributed by atoms with Gasteiger partial charge in [0.15, 0.2) is 5.13 Å². The number of thiazole rings is 1. The molecule has 1 aliphatic carbocycles. The average molecular weight is 494 g/mol. The molecule has 1 unspecified atom stereocenters. The lowest BCUT2D eigenvalue weighted by Crippen LogP contribution is -2.44. The van der Waals surface area contributed by atoms with Crippen LogP contribution in [-0.4, -0.2) is 40.7 Å². The van der Waals surface area contributed by atoms with E-state index < -0.39 is 24.0 Å². The van der Waals surface area contributed by atoms with E-state index in [1.165, 1.54) is 11.3 Å². The number of rotatable bonds is 9. The molecule has 35 heavy (non-hydrogen) atoms. The molecule has 182 valence electrons. The Balaban J connectivity index is 1.41. The number of aliphatic carboxylic acids is 1. The number of carboxylic acids is 1. The molecule has 0 fully saturated rings. The molecule has 1 aromatic heterocycles. The summed E-state index contributed by atoms with van der Waals surface area (Å²) in [6, 6.07) is 14.9. The second-order valence-electron chi connectivity index (χ2n) is 8.68. The molecule has 0 radical (unpaired) electrons. The van der Waals surface area contributed by atoms with Gasteiger partial charge in [0.1, 0.15) is 12.6 Å². The lowest BCUT2D eigenvalue weighted by Gasteiger charge is -2.19. The number of alkyl carbamates (subject to hydrolysis) is 1. The molecule has 4 rings (SSSR count). The molecule has 1 aliphatic rings. The van der Waals surface area contributed by atoms with Crippen LogP contribution in [0.2, 0.25) is 0 Å². The monoisotopic (exact) mass is 493 g/mol. The molecule has 3 N–H and O–H groups in total. The van der Waals surface area contributed by atoms with E-state index in [9.17, 15) is 14.4 Å². The Morgan fingerprint density at radius 2 is 1.69 bits per heavy atom. The predicted octanol–water partition coefficient (Wildman–Crippen LogP) is 4.98. The highest BCUT2D eigenvalue weighted by molar-refractivity contribution is 7.13. The Morgan fingerprint density at radius 1 is 1.06 bits per heavy atom. The fourth-order valence-electron chi connectivity index (χ4n) is 4.12. The average Bonchev–Trinajstić information content (AvgIpc) is 3.43. The van der Waals surface area contributed by atoms with Crippen LogP contribution >= 0.6 is 11.3 Å². The molecular weight excluding hydrogens is 466 g/mol. The lowest BCUT2D eigenvalue weighted by atomic mass is 9.98. The van der Waals surface area contributed by atoms with Gasteiger partial charge in [-0.1, -0.05) is 62.4 Å². The summed E-state index contributed by atoms with van der Waals surface area (Å²) in [6.45, 7) is 4.08. The Morgan fingerprint density at radius 3 is 2.26 bits per heavy atom. The first-order chi connectivity index (χ1) is 16.8. The molecule has 0 bridgehead atoms. The van der Waals surface area contributed by atoms with Gasteiger partial charge in [-0.05, 0) is 34.6 Å². The largest absolute Gasteiger partial charge is 0.481 e. The van der Waals surface area contributed by atoms with Crippen LogP contribution in [0.5, 0.6) is 0 Å². The van der Waals surface area contributed by atoms with Crippen molar-refractivity contribution in [3.05, 3.63) is 70.7 Å². The third-order valence-corrected chi connectivity index (χ3v) is 6.72. The van der Waals surface area contributed by atoms with Gasteiger partial charge in [-0.25, -0.2) is 9.78 Å². The van der Waals surface area contributed by atoms with Gasteiger partial charge < -0.3 is 20.5 Å². The van der Waals surface area contributed by atoms with Crippen LogP contribution in [0.1, 0.15) is 55.3 Å². The first-order valence-electron chi connectivity index (χ1n) is 11.4. The van der Waals surface area contributed by atoms with Crippen molar-refractivity contribution in [3.63, 3.8) is 0 Å². The Kier molecular flexibility index (Phi) is 7.45. The number of carbonyl (C=O) groups is 3. The second kappa shape index (κ2) is 10.7. The van der Waals surface area contributed by atoms with E-state index in [1.807, 2.05) is 67.8 Å². The summed E-state index contributed by atoms with van der Waals surface area (Å²) in [6.07, 6.45) is -1.13. The zero-order valence-corrected chi connectivity index (χ0v) is 20.3. The number of fused-ring (bicyclic) bond motifs is 3. The molecule has 0 saturated heterocycles. The van der Waals surface area contributed by atoms with Crippen LogP contribution in [0.3, 0.4) is 0 Å². The number of aromatic nitrogens is 1. The molecular formula is C26H27N3O5S. The summed E-state index contributed by atoms with van der Waals surface area (Å²) in [5.41, 5.74) is 5.22. The van der Waals surface area contributed by atoms with Gasteiger partial charge in [-0.3, -0.25) is 9.59 Å². The highest BCUT2D eigenvalue weighted by Gasteiger charge is 2.30. The van der Waals surface area contributed by atoms with Gasteiger partial charge in [0.25, 0.3) is 0 Å². The Hall–Kier alpha value is -3.72. The molecule has 1 atom stereocenters. The summed E-state index contributed by atoms with van der Waals surface area (Å²) in [5, 5.41) is 16.5. The van der Waals surface area contributed by atoms with Crippen LogP contribution < -0.4 is 10.6 Å². The van der Waals surface area contributed by atoms with Crippen molar-refractivity contribution in [1.82, 2.24) is 10.3 Å². The van der Waals surface area contributed by atoms with E-state index in [4.69, 9.17) is 9.84 Å². The zero-order chi connectivity index (χ0) is 24.9. The van der Waals surface area contributed by atoms with Gasteiger partial charge in [0.2, 0.25) is 5.91 Å².